The molecule has 0 saturated carbocycles. The Bertz CT molecular complexity index is 920. The SMILES string of the molecule is Cc1cc(NC(=O)c2cccc(F)c2)ccc1NC(=O)c1ccco1. The van der Waals surface area contributed by atoms with E-state index in [-0.39, 0.29) is 17.2 Å². The molecule has 0 aliphatic heterocycles. The van der Waals surface area contributed by atoms with Crippen molar-refractivity contribution in [2.75, 3.05) is 10.6 Å². The van der Waals surface area contributed by atoms with Crippen LogP contribution >= 0.6 is 0 Å². The Morgan fingerprint density at radius 2 is 1.80 bits per heavy atom. The number of rotatable bonds is 4. The average molecular weight is 338 g/mol. The van der Waals surface area contributed by atoms with Crippen molar-refractivity contribution in [2.45, 2.75) is 6.92 Å². The summed E-state index contributed by atoms with van der Waals surface area (Å²) in [6.45, 7) is 1.80. The molecule has 2 amide bonds. The van der Waals surface area contributed by atoms with Gasteiger partial charge in [0.2, 0.25) is 0 Å². The molecule has 3 rings (SSSR count). The fourth-order valence-corrected chi connectivity index (χ4v) is 2.31. The lowest BCUT2D eigenvalue weighted by atomic mass is 10.1. The fraction of sp³-hybridized carbons (Fsp3) is 0.0526. The summed E-state index contributed by atoms with van der Waals surface area (Å²) in [5.41, 5.74) is 2.14. The van der Waals surface area contributed by atoms with Crippen LogP contribution in [0.2, 0.25) is 0 Å². The van der Waals surface area contributed by atoms with E-state index in [9.17, 15) is 14.0 Å². The highest BCUT2D eigenvalue weighted by Crippen LogP contribution is 2.21. The maximum absolute atomic E-state index is 13.2. The second-order valence-electron chi connectivity index (χ2n) is 5.43. The summed E-state index contributed by atoms with van der Waals surface area (Å²) in [5.74, 6) is -1.03. The van der Waals surface area contributed by atoms with E-state index in [4.69, 9.17) is 4.42 Å². The van der Waals surface area contributed by atoms with Crippen LogP contribution in [0.4, 0.5) is 15.8 Å². The summed E-state index contributed by atoms with van der Waals surface area (Å²) < 4.78 is 18.2. The smallest absolute Gasteiger partial charge is 0.291 e. The molecule has 3 aromatic rings. The molecule has 25 heavy (non-hydrogen) atoms. The van der Waals surface area contributed by atoms with Crippen LogP contribution < -0.4 is 10.6 Å². The van der Waals surface area contributed by atoms with Crippen LogP contribution in [0, 0.1) is 12.7 Å². The molecule has 0 spiro atoms. The zero-order valence-corrected chi connectivity index (χ0v) is 13.4. The van der Waals surface area contributed by atoms with Crippen LogP contribution in [-0.4, -0.2) is 11.8 Å². The van der Waals surface area contributed by atoms with E-state index in [1.165, 1.54) is 30.5 Å². The number of carbonyl (C=O) groups excluding carboxylic acids is 2. The van der Waals surface area contributed by atoms with Gasteiger partial charge in [0.1, 0.15) is 5.82 Å². The molecule has 0 bridgehead atoms. The van der Waals surface area contributed by atoms with Crippen LogP contribution in [0.25, 0.3) is 0 Å². The molecule has 5 nitrogen and oxygen atoms in total. The lowest BCUT2D eigenvalue weighted by Crippen LogP contribution is -2.14. The first kappa shape index (κ1) is 16.4. The minimum atomic E-state index is -0.472. The molecular weight excluding hydrogens is 323 g/mol. The van der Waals surface area contributed by atoms with E-state index in [1.54, 1.807) is 37.3 Å². The second kappa shape index (κ2) is 7.00. The van der Waals surface area contributed by atoms with E-state index in [2.05, 4.69) is 10.6 Å². The maximum atomic E-state index is 13.2. The van der Waals surface area contributed by atoms with Gasteiger partial charge in [-0.05, 0) is 61.0 Å². The van der Waals surface area contributed by atoms with Gasteiger partial charge >= 0.3 is 0 Å². The van der Waals surface area contributed by atoms with Crippen molar-refractivity contribution in [3.63, 3.8) is 0 Å². The Hall–Kier alpha value is -3.41. The second-order valence-corrected chi connectivity index (χ2v) is 5.43. The van der Waals surface area contributed by atoms with Gasteiger partial charge < -0.3 is 15.1 Å². The summed E-state index contributed by atoms with van der Waals surface area (Å²) in [6, 6.07) is 13.7. The highest BCUT2D eigenvalue weighted by atomic mass is 19.1. The first-order valence-electron chi connectivity index (χ1n) is 7.55. The fourth-order valence-electron chi connectivity index (χ4n) is 2.31. The van der Waals surface area contributed by atoms with Gasteiger partial charge in [-0.3, -0.25) is 9.59 Å². The molecule has 1 aromatic heterocycles. The number of hydrogen-bond donors (Lipinski definition) is 2. The van der Waals surface area contributed by atoms with Gasteiger partial charge in [-0.2, -0.15) is 0 Å². The first-order chi connectivity index (χ1) is 12.0. The van der Waals surface area contributed by atoms with E-state index < -0.39 is 11.7 Å². The minimum absolute atomic E-state index is 0.211. The Morgan fingerprint density at radius 3 is 2.48 bits per heavy atom. The third kappa shape index (κ3) is 3.92. The number of benzene rings is 2. The van der Waals surface area contributed by atoms with Crippen LogP contribution in [0.3, 0.4) is 0 Å². The zero-order valence-electron chi connectivity index (χ0n) is 13.4. The number of hydrogen-bond acceptors (Lipinski definition) is 3. The number of anilines is 2. The monoisotopic (exact) mass is 338 g/mol. The van der Waals surface area contributed by atoms with Crippen LogP contribution in [-0.2, 0) is 0 Å². The van der Waals surface area contributed by atoms with Gasteiger partial charge in [-0.15, -0.1) is 0 Å². The van der Waals surface area contributed by atoms with Gasteiger partial charge in [0.15, 0.2) is 5.76 Å². The van der Waals surface area contributed by atoms with Crippen LogP contribution in [0.1, 0.15) is 26.5 Å². The Kier molecular flexibility index (Phi) is 4.61. The predicted molar refractivity (Wildman–Crippen MR) is 92.2 cm³/mol. The normalized spacial score (nSPS) is 10.3. The third-order valence-electron chi connectivity index (χ3n) is 3.56. The van der Waals surface area contributed by atoms with Crippen molar-refractivity contribution in [3.8, 4) is 0 Å². The molecule has 2 N–H and O–H groups in total. The maximum Gasteiger partial charge on any atom is 0.291 e. The molecule has 0 radical (unpaired) electrons. The van der Waals surface area contributed by atoms with Crippen molar-refractivity contribution in [1.82, 2.24) is 0 Å². The highest BCUT2D eigenvalue weighted by molar-refractivity contribution is 6.05. The van der Waals surface area contributed by atoms with Gasteiger partial charge in [0.25, 0.3) is 11.8 Å². The summed E-state index contributed by atoms with van der Waals surface area (Å²) in [4.78, 5) is 24.1. The van der Waals surface area contributed by atoms with Crippen molar-refractivity contribution < 1.29 is 18.4 Å². The summed E-state index contributed by atoms with van der Waals surface area (Å²) in [5, 5.41) is 5.43. The lowest BCUT2D eigenvalue weighted by Gasteiger charge is -2.10. The summed E-state index contributed by atoms with van der Waals surface area (Å²) >= 11 is 0. The van der Waals surface area contributed by atoms with Crippen molar-refractivity contribution >= 4 is 23.2 Å². The van der Waals surface area contributed by atoms with E-state index in [0.29, 0.717) is 11.4 Å². The molecule has 2 aromatic carbocycles. The number of amides is 2. The number of halogens is 1. The van der Waals surface area contributed by atoms with E-state index in [1.807, 2.05) is 0 Å². The van der Waals surface area contributed by atoms with Crippen molar-refractivity contribution in [1.29, 1.82) is 0 Å². The van der Waals surface area contributed by atoms with Gasteiger partial charge in [0.05, 0.1) is 6.26 Å². The number of carbonyl (C=O) groups is 2. The lowest BCUT2D eigenvalue weighted by molar-refractivity contribution is 0.0994. The van der Waals surface area contributed by atoms with Crippen molar-refractivity contribution in [2.24, 2.45) is 0 Å². The van der Waals surface area contributed by atoms with Gasteiger partial charge in [0, 0.05) is 16.9 Å². The standard InChI is InChI=1S/C19H15FN2O3/c1-12-10-15(21-18(23)13-4-2-5-14(20)11-13)7-8-16(12)22-19(24)17-6-3-9-25-17/h2-11H,1H3,(H,21,23)(H,22,24). The third-order valence-corrected chi connectivity index (χ3v) is 3.56. The average Bonchev–Trinajstić information content (AvgIpc) is 3.12. The molecule has 126 valence electrons. The molecule has 0 aliphatic carbocycles. The molecule has 6 heteroatoms. The first-order valence-corrected chi connectivity index (χ1v) is 7.55. The molecule has 0 aliphatic rings. The number of nitrogens with one attached hydrogen (secondary N) is 2. The largest absolute Gasteiger partial charge is 0.459 e. The Balaban J connectivity index is 1.71. The Morgan fingerprint density at radius 1 is 0.960 bits per heavy atom. The van der Waals surface area contributed by atoms with Crippen LogP contribution in [0.5, 0.6) is 0 Å². The predicted octanol–water partition coefficient (Wildman–Crippen LogP) is 4.23. The van der Waals surface area contributed by atoms with E-state index in [0.717, 1.165) is 5.56 Å². The van der Waals surface area contributed by atoms with Crippen LogP contribution in [0.15, 0.2) is 65.3 Å². The topological polar surface area (TPSA) is 71.3 Å². The number of aryl methyl sites for hydroxylation is 1. The highest BCUT2D eigenvalue weighted by Gasteiger charge is 2.12. The molecule has 1 heterocycles. The van der Waals surface area contributed by atoms with Gasteiger partial charge in [-0.1, -0.05) is 6.07 Å². The summed E-state index contributed by atoms with van der Waals surface area (Å²) in [6.07, 6.45) is 1.42. The zero-order chi connectivity index (χ0) is 17.8. The Labute approximate surface area is 143 Å². The molecule has 0 atom stereocenters. The quantitative estimate of drug-likeness (QED) is 0.748. The van der Waals surface area contributed by atoms with E-state index >= 15 is 0 Å². The molecule has 0 saturated heterocycles. The summed E-state index contributed by atoms with van der Waals surface area (Å²) in [7, 11) is 0. The van der Waals surface area contributed by atoms with Gasteiger partial charge in [-0.25, -0.2) is 4.39 Å². The molecule has 0 unspecified atom stereocenters. The number of furan rings is 1. The molecule has 0 fully saturated rings. The minimum Gasteiger partial charge on any atom is -0.459 e. The van der Waals surface area contributed by atoms with Crippen molar-refractivity contribution in [3.05, 3.63) is 83.6 Å². The molecular formula is C19H15FN2O3.